The van der Waals surface area contributed by atoms with E-state index in [1.54, 1.807) is 0 Å². The predicted molar refractivity (Wildman–Crippen MR) is 60.8 cm³/mol. The van der Waals surface area contributed by atoms with E-state index in [0.717, 1.165) is 12.3 Å². The van der Waals surface area contributed by atoms with Crippen molar-refractivity contribution in [1.29, 1.82) is 0 Å². The Hall–Kier alpha value is 0.275. The van der Waals surface area contributed by atoms with E-state index in [1.807, 2.05) is 0 Å². The van der Waals surface area contributed by atoms with Crippen molar-refractivity contribution >= 4 is 18.7 Å². The van der Waals surface area contributed by atoms with Gasteiger partial charge in [0.25, 0.3) is 0 Å². The summed E-state index contributed by atoms with van der Waals surface area (Å²) in [6, 6.07) is 0. The lowest BCUT2D eigenvalue weighted by molar-refractivity contribution is -0.199. The lowest BCUT2D eigenvalue weighted by Gasteiger charge is -2.64. The van der Waals surface area contributed by atoms with Crippen LogP contribution in [0.4, 0.5) is 0 Å². The topological polar surface area (TPSA) is 18.5 Å². The molecule has 3 unspecified atom stereocenters. The van der Waals surface area contributed by atoms with Crippen molar-refractivity contribution < 1.29 is 9.31 Å². The number of hydrogen-bond acceptors (Lipinski definition) is 2. The zero-order valence-corrected chi connectivity index (χ0v) is 10.4. The van der Waals surface area contributed by atoms with Crippen molar-refractivity contribution in [3.8, 4) is 0 Å². The minimum absolute atomic E-state index is 0.0855. The summed E-state index contributed by atoms with van der Waals surface area (Å²) in [6.07, 6.45) is 2.73. The van der Waals surface area contributed by atoms with Crippen molar-refractivity contribution in [1.82, 2.24) is 0 Å². The Bertz CT molecular complexity index is 296. The summed E-state index contributed by atoms with van der Waals surface area (Å²) in [5.41, 5.74) is 0.341. The largest absolute Gasteiger partial charge is 0.473 e. The van der Waals surface area contributed by atoms with Gasteiger partial charge in [-0.05, 0) is 37.0 Å². The van der Waals surface area contributed by atoms with Crippen LogP contribution in [0.25, 0.3) is 0 Å². The van der Waals surface area contributed by atoms with Gasteiger partial charge in [0.1, 0.15) is 0 Å². The second-order valence-electron chi connectivity index (χ2n) is 6.05. The fourth-order valence-electron chi connectivity index (χ4n) is 4.02. The molecular formula is C11H18BClO2. The van der Waals surface area contributed by atoms with Crippen LogP contribution in [0, 0.1) is 17.3 Å². The molecule has 1 heterocycles. The van der Waals surface area contributed by atoms with E-state index in [-0.39, 0.29) is 18.8 Å². The second-order valence-corrected chi connectivity index (χ2v) is 6.36. The van der Waals surface area contributed by atoms with E-state index < -0.39 is 0 Å². The molecule has 0 aromatic carbocycles. The number of hydrogen-bond donors (Lipinski definition) is 0. The molecule has 3 aliphatic carbocycles. The molecule has 4 fully saturated rings. The molecule has 0 aromatic rings. The van der Waals surface area contributed by atoms with Gasteiger partial charge in [0.05, 0.1) is 17.5 Å². The summed E-state index contributed by atoms with van der Waals surface area (Å²) < 4.78 is 11.9. The Kier molecular flexibility index (Phi) is 2.04. The lowest BCUT2D eigenvalue weighted by atomic mass is 9.43. The number of alkyl halides is 1. The van der Waals surface area contributed by atoms with E-state index >= 15 is 0 Å². The minimum Gasteiger partial charge on any atom is -0.405 e. The van der Waals surface area contributed by atoms with Gasteiger partial charge in [0.2, 0.25) is 0 Å². The zero-order valence-electron chi connectivity index (χ0n) is 9.63. The van der Waals surface area contributed by atoms with Gasteiger partial charge in [-0.25, -0.2) is 0 Å². The molecule has 4 atom stereocenters. The molecule has 0 radical (unpaired) electrons. The summed E-state index contributed by atoms with van der Waals surface area (Å²) in [7, 11) is -0.184. The van der Waals surface area contributed by atoms with Crippen LogP contribution < -0.4 is 0 Å². The highest BCUT2D eigenvalue weighted by atomic mass is 35.5. The molecule has 0 N–H and O–H groups in total. The normalized spacial score (nSPS) is 51.2. The average molecular weight is 229 g/mol. The van der Waals surface area contributed by atoms with Crippen LogP contribution in [0.2, 0.25) is 0 Å². The highest BCUT2D eigenvalue weighted by molar-refractivity contribution is 6.57. The van der Waals surface area contributed by atoms with Gasteiger partial charge in [-0.1, -0.05) is 13.8 Å². The molecule has 15 heavy (non-hydrogen) atoms. The van der Waals surface area contributed by atoms with Gasteiger partial charge in [0, 0.05) is 0 Å². The molecule has 1 aliphatic heterocycles. The molecular weight excluding hydrogens is 210 g/mol. The summed E-state index contributed by atoms with van der Waals surface area (Å²) in [5.74, 6) is 1.91. The molecule has 4 heteroatoms. The summed E-state index contributed by atoms with van der Waals surface area (Å²) in [4.78, 5) is 0. The van der Waals surface area contributed by atoms with Gasteiger partial charge in [0.15, 0.2) is 0 Å². The van der Waals surface area contributed by atoms with Gasteiger partial charge in [-0.2, -0.15) is 0 Å². The van der Waals surface area contributed by atoms with Crippen LogP contribution in [-0.2, 0) is 9.31 Å². The molecule has 2 bridgehead atoms. The first-order valence-electron chi connectivity index (χ1n) is 5.87. The Balaban J connectivity index is 1.89. The molecule has 4 rings (SSSR count). The van der Waals surface area contributed by atoms with E-state index in [9.17, 15) is 0 Å². The van der Waals surface area contributed by atoms with Crippen LogP contribution in [0.3, 0.4) is 0 Å². The SMILES string of the molecule is CC1(C)C2CC3OB(CCl)O[C@@]3(C)C1C2. The fourth-order valence-corrected chi connectivity index (χ4v) is 4.15. The van der Waals surface area contributed by atoms with E-state index in [4.69, 9.17) is 20.9 Å². The molecule has 84 valence electrons. The summed E-state index contributed by atoms with van der Waals surface area (Å²) in [6.45, 7) is 6.95. The third-order valence-corrected chi connectivity index (χ3v) is 5.38. The Morgan fingerprint density at radius 1 is 1.33 bits per heavy atom. The maximum atomic E-state index is 6.03. The van der Waals surface area contributed by atoms with Crippen LogP contribution in [-0.4, -0.2) is 24.6 Å². The van der Waals surface area contributed by atoms with E-state index in [1.165, 1.54) is 6.42 Å². The van der Waals surface area contributed by atoms with E-state index in [2.05, 4.69) is 20.8 Å². The van der Waals surface area contributed by atoms with Crippen molar-refractivity contribution in [3.63, 3.8) is 0 Å². The first-order chi connectivity index (χ1) is 6.98. The van der Waals surface area contributed by atoms with Crippen molar-refractivity contribution in [2.24, 2.45) is 17.3 Å². The van der Waals surface area contributed by atoms with Crippen LogP contribution in [0.15, 0.2) is 0 Å². The zero-order chi connectivity index (χ0) is 10.8. The first kappa shape index (κ1) is 10.4. The fraction of sp³-hybridized carbons (Fsp3) is 1.00. The van der Waals surface area contributed by atoms with Crippen LogP contribution >= 0.6 is 11.6 Å². The summed E-state index contributed by atoms with van der Waals surface area (Å²) >= 11 is 5.82. The Morgan fingerprint density at radius 3 is 2.67 bits per heavy atom. The molecule has 1 saturated heterocycles. The third-order valence-electron chi connectivity index (χ3n) is 5.13. The number of halogens is 1. The van der Waals surface area contributed by atoms with Gasteiger partial charge < -0.3 is 9.31 Å². The molecule has 3 saturated carbocycles. The maximum Gasteiger partial charge on any atom is 0.473 e. The lowest BCUT2D eigenvalue weighted by Crippen LogP contribution is -2.65. The van der Waals surface area contributed by atoms with E-state index in [0.29, 0.717) is 17.1 Å². The maximum absolute atomic E-state index is 6.03. The third kappa shape index (κ3) is 1.15. The highest BCUT2D eigenvalue weighted by Gasteiger charge is 2.67. The minimum atomic E-state index is -0.184. The summed E-state index contributed by atoms with van der Waals surface area (Å²) in [5, 5.41) is 0. The van der Waals surface area contributed by atoms with Crippen LogP contribution in [0.5, 0.6) is 0 Å². The van der Waals surface area contributed by atoms with Gasteiger partial charge in [-0.15, -0.1) is 11.6 Å². The molecule has 4 aliphatic rings. The van der Waals surface area contributed by atoms with Crippen molar-refractivity contribution in [3.05, 3.63) is 0 Å². The molecule has 0 amide bonds. The smallest absolute Gasteiger partial charge is 0.405 e. The first-order valence-corrected chi connectivity index (χ1v) is 6.41. The second kappa shape index (κ2) is 2.94. The quantitative estimate of drug-likeness (QED) is 0.507. The molecule has 2 nitrogen and oxygen atoms in total. The highest BCUT2D eigenvalue weighted by Crippen LogP contribution is 2.65. The molecule has 0 aromatic heterocycles. The number of rotatable bonds is 1. The Labute approximate surface area is 96.8 Å². The molecule has 0 spiro atoms. The monoisotopic (exact) mass is 228 g/mol. The van der Waals surface area contributed by atoms with Crippen LogP contribution in [0.1, 0.15) is 33.6 Å². The predicted octanol–water partition coefficient (Wildman–Crippen LogP) is 2.49. The van der Waals surface area contributed by atoms with Gasteiger partial charge >= 0.3 is 7.12 Å². The standard InChI is InChI=1S/C11H18BClO2/c1-10(2)7-4-8(10)11(3)9(5-7)14-12(6-13)15-11/h7-9H,4-6H2,1-3H3/t7?,8?,9?,11-/m0/s1. The van der Waals surface area contributed by atoms with Crippen molar-refractivity contribution in [2.45, 2.75) is 45.3 Å². The average Bonchev–Trinajstić information content (AvgIpc) is 2.53. The van der Waals surface area contributed by atoms with Crippen molar-refractivity contribution in [2.75, 3.05) is 5.78 Å². The Morgan fingerprint density at radius 2 is 2.07 bits per heavy atom. The van der Waals surface area contributed by atoms with Gasteiger partial charge in [-0.3, -0.25) is 0 Å².